The predicted molar refractivity (Wildman–Crippen MR) is 74.7 cm³/mol. The van der Waals surface area contributed by atoms with Gasteiger partial charge < -0.3 is 9.84 Å². The maximum Gasteiger partial charge on any atom is 0.287 e. The number of hydrogen-bond acceptors (Lipinski definition) is 5. The molecule has 1 aromatic heterocycles. The van der Waals surface area contributed by atoms with Crippen LogP contribution in [0.15, 0.2) is 22.7 Å². The highest BCUT2D eigenvalue weighted by atomic mass is 79.9. The van der Waals surface area contributed by atoms with Crippen molar-refractivity contribution in [2.45, 2.75) is 13.5 Å². The quantitative estimate of drug-likeness (QED) is 0.681. The summed E-state index contributed by atoms with van der Waals surface area (Å²) in [6, 6.07) is 4.50. The largest absolute Gasteiger partial charge is 0.437 e. The van der Waals surface area contributed by atoms with Crippen molar-refractivity contribution in [3.05, 3.63) is 44.0 Å². The SMILES string of the molecule is Cc1nn(C)c(Oc2cccc([N+](=O)[O-])c2Br)c1CO. The highest BCUT2D eigenvalue weighted by molar-refractivity contribution is 9.10. The molecule has 1 N–H and O–H groups in total. The Labute approximate surface area is 123 Å². The molecule has 8 heteroatoms. The molecule has 7 nitrogen and oxygen atoms in total. The summed E-state index contributed by atoms with van der Waals surface area (Å²) in [6.07, 6.45) is 0. The summed E-state index contributed by atoms with van der Waals surface area (Å²) >= 11 is 3.16. The zero-order chi connectivity index (χ0) is 14.9. The molecule has 0 atom stereocenters. The highest BCUT2D eigenvalue weighted by Gasteiger charge is 2.20. The number of aromatic nitrogens is 2. The number of hydrogen-bond donors (Lipinski definition) is 1. The van der Waals surface area contributed by atoms with E-state index in [1.54, 1.807) is 20.0 Å². The molecule has 0 bridgehead atoms. The summed E-state index contributed by atoms with van der Waals surface area (Å²) in [5, 5.41) is 24.4. The van der Waals surface area contributed by atoms with Crippen LogP contribution in [0.1, 0.15) is 11.3 Å². The first-order chi connectivity index (χ1) is 9.45. The topological polar surface area (TPSA) is 90.4 Å². The molecule has 0 aliphatic rings. The molecule has 0 spiro atoms. The average Bonchev–Trinajstić information content (AvgIpc) is 2.65. The molecule has 2 rings (SSSR count). The van der Waals surface area contributed by atoms with Crippen molar-refractivity contribution >= 4 is 21.6 Å². The van der Waals surface area contributed by atoms with Gasteiger partial charge in [0.2, 0.25) is 5.88 Å². The van der Waals surface area contributed by atoms with Crippen molar-refractivity contribution in [3.63, 3.8) is 0 Å². The van der Waals surface area contributed by atoms with Crippen LogP contribution in [-0.4, -0.2) is 19.8 Å². The van der Waals surface area contributed by atoms with Crippen molar-refractivity contribution in [1.29, 1.82) is 0 Å². The lowest BCUT2D eigenvalue weighted by atomic mass is 10.2. The number of aryl methyl sites for hydroxylation is 2. The monoisotopic (exact) mass is 341 g/mol. The van der Waals surface area contributed by atoms with Gasteiger partial charge in [0.1, 0.15) is 4.47 Å². The van der Waals surface area contributed by atoms with E-state index in [0.717, 1.165) is 0 Å². The van der Waals surface area contributed by atoms with E-state index in [1.807, 2.05) is 0 Å². The lowest BCUT2D eigenvalue weighted by Gasteiger charge is -2.09. The Bertz CT molecular complexity index is 669. The molecule has 0 fully saturated rings. The average molecular weight is 342 g/mol. The second kappa shape index (κ2) is 5.59. The fourth-order valence-corrected chi connectivity index (χ4v) is 2.30. The number of nitro groups is 1. The molecule has 0 saturated carbocycles. The second-order valence-electron chi connectivity index (χ2n) is 4.10. The summed E-state index contributed by atoms with van der Waals surface area (Å²) in [5.74, 6) is 0.642. The van der Waals surface area contributed by atoms with Gasteiger partial charge in [0, 0.05) is 13.1 Å². The van der Waals surface area contributed by atoms with E-state index in [9.17, 15) is 15.2 Å². The van der Waals surface area contributed by atoms with E-state index in [1.165, 1.54) is 16.8 Å². The van der Waals surface area contributed by atoms with Gasteiger partial charge in [-0.2, -0.15) is 5.10 Å². The zero-order valence-corrected chi connectivity index (χ0v) is 12.4. The predicted octanol–water partition coefficient (Wildman–Crippen LogP) is 2.68. The number of rotatable bonds is 4. The first-order valence-corrected chi connectivity index (χ1v) is 6.49. The number of nitro benzene ring substituents is 1. The summed E-state index contributed by atoms with van der Waals surface area (Å²) in [6.45, 7) is 1.53. The van der Waals surface area contributed by atoms with Crippen LogP contribution in [0.2, 0.25) is 0 Å². The van der Waals surface area contributed by atoms with Crippen LogP contribution in [-0.2, 0) is 13.7 Å². The van der Waals surface area contributed by atoms with Crippen LogP contribution >= 0.6 is 15.9 Å². The minimum atomic E-state index is -0.502. The van der Waals surface area contributed by atoms with E-state index < -0.39 is 4.92 Å². The van der Waals surface area contributed by atoms with Gasteiger partial charge in [0.15, 0.2) is 5.75 Å². The Kier molecular flexibility index (Phi) is 4.05. The Morgan fingerprint density at radius 1 is 1.55 bits per heavy atom. The number of nitrogens with zero attached hydrogens (tertiary/aromatic N) is 3. The number of halogens is 1. The first kappa shape index (κ1) is 14.5. The summed E-state index contributed by atoms with van der Waals surface area (Å²) in [7, 11) is 1.67. The fourth-order valence-electron chi connectivity index (χ4n) is 1.81. The van der Waals surface area contributed by atoms with Crippen LogP contribution in [0.5, 0.6) is 11.6 Å². The van der Waals surface area contributed by atoms with E-state index in [0.29, 0.717) is 17.1 Å². The number of aliphatic hydroxyl groups excluding tert-OH is 1. The van der Waals surface area contributed by atoms with Crippen molar-refractivity contribution < 1.29 is 14.8 Å². The van der Waals surface area contributed by atoms with Crippen molar-refractivity contribution in [3.8, 4) is 11.6 Å². The van der Waals surface area contributed by atoms with Gasteiger partial charge in [-0.3, -0.25) is 10.1 Å². The molecule has 1 aromatic carbocycles. The Morgan fingerprint density at radius 2 is 2.25 bits per heavy atom. The molecule has 0 saturated heterocycles. The molecule has 0 aliphatic carbocycles. The Hall–Kier alpha value is -1.93. The van der Waals surface area contributed by atoms with Crippen LogP contribution in [0.3, 0.4) is 0 Å². The molecular formula is C12H12BrN3O4. The van der Waals surface area contributed by atoms with E-state index in [4.69, 9.17) is 4.74 Å². The normalized spacial score (nSPS) is 10.6. The maximum atomic E-state index is 10.9. The standard InChI is InChI=1S/C12H12BrN3O4/c1-7-8(6-17)12(15(2)14-7)20-10-5-3-4-9(11(10)13)16(18)19/h3-5,17H,6H2,1-2H3. The Balaban J connectivity index is 2.46. The summed E-state index contributed by atoms with van der Waals surface area (Å²) in [4.78, 5) is 10.4. The van der Waals surface area contributed by atoms with Gasteiger partial charge >= 0.3 is 0 Å². The van der Waals surface area contributed by atoms with Crippen LogP contribution in [0, 0.1) is 17.0 Å². The van der Waals surface area contributed by atoms with Gasteiger partial charge in [0.25, 0.3) is 5.69 Å². The lowest BCUT2D eigenvalue weighted by molar-refractivity contribution is -0.385. The van der Waals surface area contributed by atoms with E-state index >= 15 is 0 Å². The third kappa shape index (κ3) is 2.52. The smallest absolute Gasteiger partial charge is 0.287 e. The molecule has 0 amide bonds. The van der Waals surface area contributed by atoms with Crippen molar-refractivity contribution in [2.24, 2.45) is 7.05 Å². The third-order valence-corrected chi connectivity index (χ3v) is 3.59. The molecule has 0 aliphatic heterocycles. The van der Waals surface area contributed by atoms with E-state index in [-0.39, 0.29) is 22.5 Å². The minimum absolute atomic E-state index is 0.0908. The zero-order valence-electron chi connectivity index (χ0n) is 10.8. The second-order valence-corrected chi connectivity index (χ2v) is 4.89. The fraction of sp³-hybridized carbons (Fsp3) is 0.250. The minimum Gasteiger partial charge on any atom is -0.437 e. The number of ether oxygens (including phenoxy) is 1. The van der Waals surface area contributed by atoms with Crippen molar-refractivity contribution in [2.75, 3.05) is 0 Å². The van der Waals surface area contributed by atoms with Crippen molar-refractivity contribution in [1.82, 2.24) is 9.78 Å². The lowest BCUT2D eigenvalue weighted by Crippen LogP contribution is -1.99. The van der Waals surface area contributed by atoms with Gasteiger partial charge in [-0.15, -0.1) is 0 Å². The molecular weight excluding hydrogens is 330 g/mol. The number of benzene rings is 1. The number of aliphatic hydroxyl groups is 1. The van der Waals surface area contributed by atoms with Gasteiger partial charge in [-0.05, 0) is 28.9 Å². The van der Waals surface area contributed by atoms with Gasteiger partial charge in [-0.1, -0.05) is 6.07 Å². The van der Waals surface area contributed by atoms with E-state index in [2.05, 4.69) is 21.0 Å². The van der Waals surface area contributed by atoms with Crippen LogP contribution in [0.25, 0.3) is 0 Å². The molecule has 0 radical (unpaired) electrons. The molecule has 0 unspecified atom stereocenters. The third-order valence-electron chi connectivity index (χ3n) is 2.79. The maximum absolute atomic E-state index is 10.9. The van der Waals surface area contributed by atoms with Gasteiger partial charge in [0.05, 0.1) is 22.8 Å². The molecule has 106 valence electrons. The molecule has 20 heavy (non-hydrogen) atoms. The Morgan fingerprint density at radius 3 is 2.85 bits per heavy atom. The molecule has 1 heterocycles. The molecule has 2 aromatic rings. The van der Waals surface area contributed by atoms with Gasteiger partial charge in [-0.25, -0.2) is 4.68 Å². The summed E-state index contributed by atoms with van der Waals surface area (Å²) < 4.78 is 7.38. The highest BCUT2D eigenvalue weighted by Crippen LogP contribution is 2.37. The van der Waals surface area contributed by atoms with Crippen LogP contribution < -0.4 is 4.74 Å². The first-order valence-electron chi connectivity index (χ1n) is 5.69. The van der Waals surface area contributed by atoms with Crippen LogP contribution in [0.4, 0.5) is 5.69 Å². The summed E-state index contributed by atoms with van der Waals surface area (Å²) in [5.41, 5.74) is 1.10.